The molecule has 1 aliphatic heterocycles. The van der Waals surface area contributed by atoms with Crippen molar-refractivity contribution in [3.8, 4) is 0 Å². The number of hydrogen-bond donors (Lipinski definition) is 0. The molecule has 0 radical (unpaired) electrons. The third kappa shape index (κ3) is 3.90. The first kappa shape index (κ1) is 17.2. The number of carbonyl (C=O) groups excluding carboxylic acids is 2. The molecule has 0 bridgehead atoms. The number of hydrogen-bond acceptors (Lipinski definition) is 2. The van der Waals surface area contributed by atoms with E-state index in [-0.39, 0.29) is 24.2 Å². The number of benzene rings is 2. The van der Waals surface area contributed by atoms with Gasteiger partial charge in [-0.3, -0.25) is 9.59 Å². The molecule has 1 atom stereocenters. The van der Waals surface area contributed by atoms with Crippen molar-refractivity contribution in [2.75, 3.05) is 18.5 Å². The SMILES string of the molecule is CCc1ccc(N2CC(C(=O)N(C)Cc3ccccc3)CC2=O)cc1. The lowest BCUT2D eigenvalue weighted by Gasteiger charge is -2.21. The third-order valence-corrected chi connectivity index (χ3v) is 4.77. The largest absolute Gasteiger partial charge is 0.341 e. The molecule has 0 aromatic heterocycles. The van der Waals surface area contributed by atoms with Crippen LogP contribution in [0.5, 0.6) is 0 Å². The van der Waals surface area contributed by atoms with Gasteiger partial charge in [-0.1, -0.05) is 49.4 Å². The lowest BCUT2D eigenvalue weighted by molar-refractivity contribution is -0.135. The van der Waals surface area contributed by atoms with Gasteiger partial charge in [0.1, 0.15) is 0 Å². The molecule has 1 unspecified atom stereocenters. The molecule has 1 heterocycles. The van der Waals surface area contributed by atoms with E-state index in [1.807, 2.05) is 54.6 Å². The summed E-state index contributed by atoms with van der Waals surface area (Å²) < 4.78 is 0. The van der Waals surface area contributed by atoms with Crippen molar-refractivity contribution >= 4 is 17.5 Å². The maximum absolute atomic E-state index is 12.7. The van der Waals surface area contributed by atoms with Crippen LogP contribution >= 0.6 is 0 Å². The molecular formula is C21H24N2O2. The van der Waals surface area contributed by atoms with E-state index < -0.39 is 0 Å². The second-order valence-corrected chi connectivity index (χ2v) is 6.61. The average Bonchev–Trinajstić information content (AvgIpc) is 3.03. The zero-order valence-electron chi connectivity index (χ0n) is 14.8. The first-order valence-corrected chi connectivity index (χ1v) is 8.76. The Labute approximate surface area is 149 Å². The molecule has 0 spiro atoms. The van der Waals surface area contributed by atoms with Gasteiger partial charge in [0, 0.05) is 32.2 Å². The van der Waals surface area contributed by atoms with Gasteiger partial charge in [0.05, 0.1) is 5.92 Å². The maximum Gasteiger partial charge on any atom is 0.228 e. The van der Waals surface area contributed by atoms with Crippen LogP contribution in [0.25, 0.3) is 0 Å². The monoisotopic (exact) mass is 336 g/mol. The fraction of sp³-hybridized carbons (Fsp3) is 0.333. The minimum Gasteiger partial charge on any atom is -0.341 e. The molecule has 3 rings (SSSR count). The Hall–Kier alpha value is -2.62. The van der Waals surface area contributed by atoms with Crippen molar-refractivity contribution in [2.45, 2.75) is 26.3 Å². The van der Waals surface area contributed by atoms with Gasteiger partial charge < -0.3 is 9.80 Å². The minimum atomic E-state index is -0.271. The fourth-order valence-electron chi connectivity index (χ4n) is 3.28. The van der Waals surface area contributed by atoms with Gasteiger partial charge in [0.15, 0.2) is 0 Å². The van der Waals surface area contributed by atoms with Crippen molar-refractivity contribution in [3.05, 3.63) is 65.7 Å². The number of amides is 2. The van der Waals surface area contributed by atoms with Crippen molar-refractivity contribution in [1.29, 1.82) is 0 Å². The van der Waals surface area contributed by atoms with Crippen LogP contribution in [0, 0.1) is 5.92 Å². The van der Waals surface area contributed by atoms with Crippen molar-refractivity contribution < 1.29 is 9.59 Å². The number of aryl methyl sites for hydroxylation is 1. The first-order valence-electron chi connectivity index (χ1n) is 8.76. The molecule has 2 amide bonds. The van der Waals surface area contributed by atoms with E-state index in [1.165, 1.54) is 5.56 Å². The van der Waals surface area contributed by atoms with E-state index in [0.29, 0.717) is 13.1 Å². The van der Waals surface area contributed by atoms with E-state index in [0.717, 1.165) is 17.7 Å². The predicted molar refractivity (Wildman–Crippen MR) is 99.2 cm³/mol. The zero-order valence-corrected chi connectivity index (χ0v) is 14.8. The fourth-order valence-corrected chi connectivity index (χ4v) is 3.28. The molecule has 4 nitrogen and oxygen atoms in total. The van der Waals surface area contributed by atoms with Crippen LogP contribution in [0.1, 0.15) is 24.5 Å². The van der Waals surface area contributed by atoms with Crippen LogP contribution in [0.15, 0.2) is 54.6 Å². The Morgan fingerprint density at radius 1 is 1.08 bits per heavy atom. The molecule has 1 aliphatic rings. The third-order valence-electron chi connectivity index (χ3n) is 4.77. The Bertz CT molecular complexity index is 740. The lowest BCUT2D eigenvalue weighted by atomic mass is 10.1. The summed E-state index contributed by atoms with van der Waals surface area (Å²) in [5.41, 5.74) is 3.21. The summed E-state index contributed by atoms with van der Waals surface area (Å²) in [6, 6.07) is 17.9. The van der Waals surface area contributed by atoms with E-state index in [1.54, 1.807) is 16.8 Å². The highest BCUT2D eigenvalue weighted by molar-refractivity contribution is 6.00. The lowest BCUT2D eigenvalue weighted by Crippen LogP contribution is -2.34. The second kappa shape index (κ2) is 7.51. The molecule has 130 valence electrons. The summed E-state index contributed by atoms with van der Waals surface area (Å²) in [4.78, 5) is 28.6. The quantitative estimate of drug-likeness (QED) is 0.841. The highest BCUT2D eigenvalue weighted by atomic mass is 16.2. The van der Waals surface area contributed by atoms with E-state index in [9.17, 15) is 9.59 Å². The summed E-state index contributed by atoms with van der Waals surface area (Å²) >= 11 is 0. The van der Waals surface area contributed by atoms with Gasteiger partial charge in [0.2, 0.25) is 11.8 Å². The molecule has 25 heavy (non-hydrogen) atoms. The number of anilines is 1. The summed E-state index contributed by atoms with van der Waals surface area (Å²) in [7, 11) is 1.80. The first-order chi connectivity index (χ1) is 12.1. The average molecular weight is 336 g/mol. The topological polar surface area (TPSA) is 40.6 Å². The number of nitrogens with zero attached hydrogens (tertiary/aromatic N) is 2. The standard InChI is InChI=1S/C21H24N2O2/c1-3-16-9-11-19(12-10-16)23-15-18(13-20(23)24)21(25)22(2)14-17-7-5-4-6-8-17/h4-12,18H,3,13-15H2,1-2H3. The summed E-state index contributed by atoms with van der Waals surface area (Å²) in [6.45, 7) is 3.13. The Balaban J connectivity index is 1.65. The minimum absolute atomic E-state index is 0.0238. The van der Waals surface area contributed by atoms with Crippen LogP contribution in [0.2, 0.25) is 0 Å². The Morgan fingerprint density at radius 3 is 2.40 bits per heavy atom. The molecule has 2 aromatic rings. The van der Waals surface area contributed by atoms with Crippen LogP contribution in [-0.4, -0.2) is 30.3 Å². The molecule has 0 N–H and O–H groups in total. The van der Waals surface area contributed by atoms with Gasteiger partial charge in [0.25, 0.3) is 0 Å². The number of rotatable bonds is 5. The van der Waals surface area contributed by atoms with Crippen molar-refractivity contribution in [2.24, 2.45) is 5.92 Å². The molecular weight excluding hydrogens is 312 g/mol. The molecule has 2 aromatic carbocycles. The smallest absolute Gasteiger partial charge is 0.228 e. The van der Waals surface area contributed by atoms with Crippen molar-refractivity contribution in [3.63, 3.8) is 0 Å². The Morgan fingerprint density at radius 2 is 1.76 bits per heavy atom. The Kier molecular flexibility index (Phi) is 5.17. The molecule has 0 saturated carbocycles. The summed E-state index contributed by atoms with van der Waals surface area (Å²) in [6.07, 6.45) is 1.26. The highest BCUT2D eigenvalue weighted by Gasteiger charge is 2.36. The molecule has 4 heteroatoms. The summed E-state index contributed by atoms with van der Waals surface area (Å²) in [5, 5.41) is 0. The zero-order chi connectivity index (χ0) is 17.8. The summed E-state index contributed by atoms with van der Waals surface area (Å²) in [5.74, 6) is -0.215. The van der Waals surface area contributed by atoms with Crippen LogP contribution in [0.4, 0.5) is 5.69 Å². The van der Waals surface area contributed by atoms with Gasteiger partial charge in [-0.15, -0.1) is 0 Å². The molecule has 0 aliphatic carbocycles. The predicted octanol–water partition coefficient (Wildman–Crippen LogP) is 3.26. The van der Waals surface area contributed by atoms with Crippen LogP contribution in [0.3, 0.4) is 0 Å². The maximum atomic E-state index is 12.7. The van der Waals surface area contributed by atoms with Gasteiger partial charge in [-0.25, -0.2) is 0 Å². The normalized spacial score (nSPS) is 17.0. The van der Waals surface area contributed by atoms with Gasteiger partial charge in [-0.2, -0.15) is 0 Å². The van der Waals surface area contributed by atoms with E-state index >= 15 is 0 Å². The van der Waals surface area contributed by atoms with Crippen LogP contribution in [-0.2, 0) is 22.6 Å². The van der Waals surface area contributed by atoms with Crippen molar-refractivity contribution in [1.82, 2.24) is 4.90 Å². The second-order valence-electron chi connectivity index (χ2n) is 6.61. The molecule has 1 saturated heterocycles. The number of carbonyl (C=O) groups is 2. The molecule has 1 fully saturated rings. The van der Waals surface area contributed by atoms with Crippen LogP contribution < -0.4 is 4.90 Å². The van der Waals surface area contributed by atoms with E-state index in [4.69, 9.17) is 0 Å². The van der Waals surface area contributed by atoms with Gasteiger partial charge in [-0.05, 0) is 29.7 Å². The van der Waals surface area contributed by atoms with Gasteiger partial charge >= 0.3 is 0 Å². The van der Waals surface area contributed by atoms with E-state index in [2.05, 4.69) is 6.92 Å². The highest BCUT2D eigenvalue weighted by Crippen LogP contribution is 2.26.